The largest absolute Gasteiger partial charge is 0.477 e. The van der Waals surface area contributed by atoms with Crippen LogP contribution in [0.4, 0.5) is 5.82 Å². The standard InChI is InChI=1S/C17H24N4O2/c1-11-9-19-16(20-12(2)5-6-21(3)4)8-14(11)13-7-15(17(22)23)18-10-13/h7-10,12,18H,5-6H2,1-4H3,(H,19,20)(H,22,23). The third-order valence-electron chi connectivity index (χ3n) is 3.73. The van der Waals surface area contributed by atoms with Crippen LogP contribution in [0.5, 0.6) is 0 Å². The first kappa shape index (κ1) is 17.0. The van der Waals surface area contributed by atoms with Crippen LogP contribution in [0.15, 0.2) is 24.5 Å². The molecule has 0 spiro atoms. The smallest absolute Gasteiger partial charge is 0.352 e. The van der Waals surface area contributed by atoms with E-state index in [1.54, 1.807) is 12.3 Å². The van der Waals surface area contributed by atoms with Crippen LogP contribution in [-0.4, -0.2) is 52.6 Å². The van der Waals surface area contributed by atoms with E-state index in [9.17, 15) is 4.79 Å². The molecule has 0 saturated carbocycles. The average molecular weight is 316 g/mol. The van der Waals surface area contributed by atoms with E-state index in [2.05, 4.69) is 41.2 Å². The van der Waals surface area contributed by atoms with Crippen molar-refractivity contribution in [2.45, 2.75) is 26.3 Å². The van der Waals surface area contributed by atoms with E-state index >= 15 is 0 Å². The van der Waals surface area contributed by atoms with Gasteiger partial charge in [0.25, 0.3) is 0 Å². The molecule has 1 atom stereocenters. The Hall–Kier alpha value is -2.34. The monoisotopic (exact) mass is 316 g/mol. The molecule has 0 bridgehead atoms. The number of nitrogens with zero attached hydrogens (tertiary/aromatic N) is 2. The third-order valence-corrected chi connectivity index (χ3v) is 3.73. The molecule has 0 saturated heterocycles. The maximum atomic E-state index is 11.0. The third kappa shape index (κ3) is 4.56. The van der Waals surface area contributed by atoms with Gasteiger partial charge in [0.1, 0.15) is 11.5 Å². The maximum Gasteiger partial charge on any atom is 0.352 e. The molecule has 0 aliphatic rings. The zero-order valence-corrected chi connectivity index (χ0v) is 14.1. The van der Waals surface area contributed by atoms with Gasteiger partial charge in [0.05, 0.1) is 0 Å². The molecule has 2 rings (SSSR count). The first-order valence-corrected chi connectivity index (χ1v) is 7.67. The van der Waals surface area contributed by atoms with E-state index in [0.717, 1.165) is 35.5 Å². The summed E-state index contributed by atoms with van der Waals surface area (Å²) < 4.78 is 0. The van der Waals surface area contributed by atoms with E-state index < -0.39 is 5.97 Å². The summed E-state index contributed by atoms with van der Waals surface area (Å²) in [4.78, 5) is 20.4. The zero-order valence-electron chi connectivity index (χ0n) is 14.1. The highest BCUT2D eigenvalue weighted by molar-refractivity contribution is 5.88. The van der Waals surface area contributed by atoms with E-state index in [0.29, 0.717) is 6.04 Å². The minimum Gasteiger partial charge on any atom is -0.477 e. The molecule has 0 aromatic carbocycles. The van der Waals surface area contributed by atoms with Crippen molar-refractivity contribution in [1.29, 1.82) is 0 Å². The quantitative estimate of drug-likeness (QED) is 0.732. The van der Waals surface area contributed by atoms with E-state index in [4.69, 9.17) is 5.11 Å². The lowest BCUT2D eigenvalue weighted by molar-refractivity contribution is 0.0691. The molecule has 0 aliphatic carbocycles. The minimum absolute atomic E-state index is 0.185. The summed E-state index contributed by atoms with van der Waals surface area (Å²) in [6.07, 6.45) is 4.54. The van der Waals surface area contributed by atoms with Gasteiger partial charge in [-0.15, -0.1) is 0 Å². The molecule has 0 radical (unpaired) electrons. The van der Waals surface area contributed by atoms with Crippen LogP contribution in [-0.2, 0) is 0 Å². The van der Waals surface area contributed by atoms with Crippen molar-refractivity contribution >= 4 is 11.8 Å². The van der Waals surface area contributed by atoms with Gasteiger partial charge in [-0.3, -0.25) is 0 Å². The molecule has 0 amide bonds. The average Bonchev–Trinajstić information content (AvgIpc) is 2.97. The minimum atomic E-state index is -0.960. The van der Waals surface area contributed by atoms with Crippen LogP contribution in [0.3, 0.4) is 0 Å². The summed E-state index contributed by atoms with van der Waals surface area (Å²) in [5, 5.41) is 12.4. The van der Waals surface area contributed by atoms with Crippen molar-refractivity contribution in [2.24, 2.45) is 0 Å². The van der Waals surface area contributed by atoms with Gasteiger partial charge in [-0.1, -0.05) is 0 Å². The Kier molecular flexibility index (Phi) is 5.39. The number of aromatic nitrogens is 2. The predicted octanol–water partition coefficient (Wildman–Crippen LogP) is 2.84. The van der Waals surface area contributed by atoms with E-state index in [-0.39, 0.29) is 5.69 Å². The van der Waals surface area contributed by atoms with Crippen molar-refractivity contribution < 1.29 is 9.90 Å². The van der Waals surface area contributed by atoms with Crippen molar-refractivity contribution in [3.63, 3.8) is 0 Å². The highest BCUT2D eigenvalue weighted by Crippen LogP contribution is 2.26. The topological polar surface area (TPSA) is 81.2 Å². The van der Waals surface area contributed by atoms with Gasteiger partial charge in [0.2, 0.25) is 0 Å². The Bertz CT molecular complexity index is 679. The Morgan fingerprint density at radius 1 is 1.43 bits per heavy atom. The number of H-pyrrole nitrogens is 1. The van der Waals surface area contributed by atoms with Crippen LogP contribution >= 0.6 is 0 Å². The van der Waals surface area contributed by atoms with Crippen molar-refractivity contribution in [3.05, 3.63) is 35.8 Å². The zero-order chi connectivity index (χ0) is 17.0. The Morgan fingerprint density at radius 3 is 2.78 bits per heavy atom. The molecule has 6 nitrogen and oxygen atoms in total. The molecule has 2 heterocycles. The number of aromatic carboxylic acids is 1. The lowest BCUT2D eigenvalue weighted by Gasteiger charge is -2.18. The van der Waals surface area contributed by atoms with Crippen LogP contribution in [0.1, 0.15) is 29.4 Å². The summed E-state index contributed by atoms with van der Waals surface area (Å²) in [6.45, 7) is 5.10. The van der Waals surface area contributed by atoms with Gasteiger partial charge in [0, 0.05) is 24.0 Å². The number of aryl methyl sites for hydroxylation is 1. The Labute approximate surface area is 136 Å². The molecule has 1 unspecified atom stereocenters. The number of hydrogen-bond donors (Lipinski definition) is 3. The maximum absolute atomic E-state index is 11.0. The number of carbonyl (C=O) groups is 1. The van der Waals surface area contributed by atoms with Gasteiger partial charge in [-0.05, 0) is 64.2 Å². The van der Waals surface area contributed by atoms with Gasteiger partial charge >= 0.3 is 5.97 Å². The molecular formula is C17H24N4O2. The molecule has 2 aromatic heterocycles. The van der Waals surface area contributed by atoms with Crippen LogP contribution in [0.25, 0.3) is 11.1 Å². The lowest BCUT2D eigenvalue weighted by atomic mass is 10.0. The molecule has 2 aromatic rings. The Morgan fingerprint density at radius 2 is 2.17 bits per heavy atom. The van der Waals surface area contributed by atoms with E-state index in [1.807, 2.05) is 19.2 Å². The van der Waals surface area contributed by atoms with Gasteiger partial charge in [0.15, 0.2) is 0 Å². The molecule has 23 heavy (non-hydrogen) atoms. The second-order valence-electron chi connectivity index (χ2n) is 6.13. The second-order valence-corrected chi connectivity index (χ2v) is 6.13. The lowest BCUT2D eigenvalue weighted by Crippen LogP contribution is -2.23. The van der Waals surface area contributed by atoms with Gasteiger partial charge in [-0.2, -0.15) is 0 Å². The number of pyridine rings is 1. The van der Waals surface area contributed by atoms with Crippen molar-refractivity contribution in [2.75, 3.05) is 26.0 Å². The first-order valence-electron chi connectivity index (χ1n) is 7.67. The fourth-order valence-electron chi connectivity index (χ4n) is 2.36. The second kappa shape index (κ2) is 7.28. The van der Waals surface area contributed by atoms with E-state index in [1.165, 1.54) is 0 Å². The van der Waals surface area contributed by atoms with Gasteiger partial charge in [-0.25, -0.2) is 9.78 Å². The summed E-state index contributed by atoms with van der Waals surface area (Å²) in [5.74, 6) is -0.159. The van der Waals surface area contributed by atoms with Gasteiger partial charge < -0.3 is 20.3 Å². The number of carboxylic acid groups (broad SMARTS) is 1. The first-order chi connectivity index (χ1) is 10.9. The van der Waals surface area contributed by atoms with Crippen LogP contribution in [0.2, 0.25) is 0 Å². The summed E-state index contributed by atoms with van der Waals surface area (Å²) in [6, 6.07) is 3.92. The highest BCUT2D eigenvalue weighted by Gasteiger charge is 2.11. The van der Waals surface area contributed by atoms with Crippen LogP contribution in [0, 0.1) is 6.92 Å². The predicted molar refractivity (Wildman–Crippen MR) is 92.0 cm³/mol. The normalized spacial score (nSPS) is 12.4. The number of anilines is 1. The SMILES string of the molecule is Cc1cnc(NC(C)CCN(C)C)cc1-c1c[nH]c(C(=O)O)c1. The molecule has 3 N–H and O–H groups in total. The van der Waals surface area contributed by atoms with Crippen molar-refractivity contribution in [3.8, 4) is 11.1 Å². The number of hydrogen-bond acceptors (Lipinski definition) is 4. The highest BCUT2D eigenvalue weighted by atomic mass is 16.4. The molecular weight excluding hydrogens is 292 g/mol. The molecule has 0 fully saturated rings. The molecule has 6 heteroatoms. The number of aromatic amines is 1. The number of nitrogens with one attached hydrogen (secondary N) is 2. The summed E-state index contributed by atoms with van der Waals surface area (Å²) >= 11 is 0. The van der Waals surface area contributed by atoms with Crippen molar-refractivity contribution in [1.82, 2.24) is 14.9 Å². The fraction of sp³-hybridized carbons (Fsp3) is 0.412. The molecule has 0 aliphatic heterocycles. The molecule has 124 valence electrons. The Balaban J connectivity index is 2.16. The van der Waals surface area contributed by atoms with Crippen LogP contribution < -0.4 is 5.32 Å². The fourth-order valence-corrected chi connectivity index (χ4v) is 2.36. The summed E-state index contributed by atoms with van der Waals surface area (Å²) in [7, 11) is 4.11. The summed E-state index contributed by atoms with van der Waals surface area (Å²) in [5.41, 5.74) is 3.02. The number of carboxylic acids is 1. The number of rotatable bonds is 7.